The molecule has 0 fully saturated rings. The van der Waals surface area contributed by atoms with Crippen LogP contribution in [0.3, 0.4) is 0 Å². The third kappa shape index (κ3) is 6.56. The average molecular weight is 308 g/mol. The van der Waals surface area contributed by atoms with Gasteiger partial charge >= 0.3 is 0 Å². The fraction of sp³-hybridized carbons (Fsp3) is 0.500. The van der Waals surface area contributed by atoms with Crippen molar-refractivity contribution >= 4 is 11.9 Å². The molecule has 0 saturated heterocycles. The van der Waals surface area contributed by atoms with E-state index in [0.717, 1.165) is 5.56 Å². The van der Waals surface area contributed by atoms with Crippen molar-refractivity contribution in [3.63, 3.8) is 0 Å². The minimum Gasteiger partial charge on any atom is -0.356 e. The predicted molar refractivity (Wildman–Crippen MR) is 87.1 cm³/mol. The number of amides is 1. The van der Waals surface area contributed by atoms with Gasteiger partial charge in [0.25, 0.3) is 0 Å². The van der Waals surface area contributed by atoms with Gasteiger partial charge in [-0.1, -0.05) is 12.1 Å². The third-order valence-corrected chi connectivity index (χ3v) is 2.97. The van der Waals surface area contributed by atoms with Crippen LogP contribution in [0.25, 0.3) is 0 Å². The fourth-order valence-corrected chi connectivity index (χ4v) is 2.05. The maximum absolute atomic E-state index is 13.2. The van der Waals surface area contributed by atoms with Gasteiger partial charge in [-0.05, 0) is 31.5 Å². The summed E-state index contributed by atoms with van der Waals surface area (Å²) in [6.45, 7) is 4.89. The van der Waals surface area contributed by atoms with E-state index >= 15 is 0 Å². The van der Waals surface area contributed by atoms with Gasteiger partial charge < -0.3 is 15.5 Å². The lowest BCUT2D eigenvalue weighted by Crippen LogP contribution is -2.40. The van der Waals surface area contributed by atoms with Crippen molar-refractivity contribution < 1.29 is 9.18 Å². The number of nitrogens with zero attached hydrogens (tertiary/aromatic N) is 2. The molecule has 0 unspecified atom stereocenters. The molecule has 0 bridgehead atoms. The van der Waals surface area contributed by atoms with Crippen LogP contribution in [0.1, 0.15) is 25.8 Å². The van der Waals surface area contributed by atoms with Gasteiger partial charge in [0.2, 0.25) is 5.91 Å². The van der Waals surface area contributed by atoms with Gasteiger partial charge in [0.05, 0.1) is 0 Å². The number of nitrogens with one attached hydrogen (secondary N) is 2. The summed E-state index contributed by atoms with van der Waals surface area (Å²) in [5.74, 6) is 0.423. The monoisotopic (exact) mass is 308 g/mol. The Balaban J connectivity index is 2.45. The number of carbonyl (C=O) groups excluding carboxylic acids is 1. The highest BCUT2D eigenvalue weighted by Gasteiger charge is 2.08. The Kier molecular flexibility index (Phi) is 7.36. The molecule has 0 radical (unpaired) electrons. The van der Waals surface area contributed by atoms with E-state index in [1.54, 1.807) is 13.1 Å². The standard InChI is InChI=1S/C16H25FN4O/c1-12(2)20-15(22)8-9-19-16(18-3)21(4)11-13-6-5-7-14(17)10-13/h5-7,10,12H,8-9,11H2,1-4H3,(H,18,19)(H,20,22). The first-order valence-electron chi connectivity index (χ1n) is 7.38. The SMILES string of the molecule is CN=C(NCCC(=O)NC(C)C)N(C)Cc1cccc(F)c1. The Labute approximate surface area is 131 Å². The Hall–Kier alpha value is -2.11. The zero-order valence-electron chi connectivity index (χ0n) is 13.7. The third-order valence-electron chi connectivity index (χ3n) is 2.97. The summed E-state index contributed by atoms with van der Waals surface area (Å²) in [5, 5.41) is 5.97. The molecule has 0 aliphatic rings. The molecule has 0 spiro atoms. The van der Waals surface area contributed by atoms with Gasteiger partial charge in [0.1, 0.15) is 5.82 Å². The summed E-state index contributed by atoms with van der Waals surface area (Å²) in [6, 6.07) is 6.61. The van der Waals surface area contributed by atoms with Gasteiger partial charge in [-0.3, -0.25) is 9.79 Å². The van der Waals surface area contributed by atoms with Crippen molar-refractivity contribution in [3.05, 3.63) is 35.6 Å². The maximum Gasteiger partial charge on any atom is 0.221 e. The lowest BCUT2D eigenvalue weighted by Gasteiger charge is -2.22. The molecule has 1 aromatic carbocycles. The molecule has 0 aliphatic carbocycles. The van der Waals surface area contributed by atoms with E-state index in [1.165, 1.54) is 12.1 Å². The number of guanidine groups is 1. The summed E-state index contributed by atoms with van der Waals surface area (Å²) in [6.07, 6.45) is 0.380. The van der Waals surface area contributed by atoms with Crippen LogP contribution in [0.2, 0.25) is 0 Å². The number of aliphatic imine (C=N–C) groups is 1. The van der Waals surface area contributed by atoms with E-state index in [9.17, 15) is 9.18 Å². The first kappa shape index (κ1) is 17.9. The van der Waals surface area contributed by atoms with Gasteiger partial charge in [-0.15, -0.1) is 0 Å². The second kappa shape index (κ2) is 9.02. The first-order chi connectivity index (χ1) is 10.4. The summed E-state index contributed by atoms with van der Waals surface area (Å²) < 4.78 is 13.2. The molecule has 0 heterocycles. The van der Waals surface area contributed by atoms with Gasteiger partial charge in [-0.2, -0.15) is 0 Å². The Morgan fingerprint density at radius 2 is 2.14 bits per heavy atom. The zero-order valence-corrected chi connectivity index (χ0v) is 13.7. The van der Waals surface area contributed by atoms with Crippen molar-refractivity contribution in [2.45, 2.75) is 32.9 Å². The lowest BCUT2D eigenvalue weighted by molar-refractivity contribution is -0.121. The largest absolute Gasteiger partial charge is 0.356 e. The Bertz CT molecular complexity index is 517. The van der Waals surface area contributed by atoms with E-state index in [0.29, 0.717) is 25.5 Å². The molecule has 0 saturated carbocycles. The molecule has 2 N–H and O–H groups in total. The molecule has 6 heteroatoms. The number of rotatable bonds is 6. The summed E-state index contributed by atoms with van der Waals surface area (Å²) in [7, 11) is 3.55. The predicted octanol–water partition coefficient (Wildman–Crippen LogP) is 1.75. The highest BCUT2D eigenvalue weighted by atomic mass is 19.1. The molecule has 22 heavy (non-hydrogen) atoms. The molecular formula is C16H25FN4O. The fourth-order valence-electron chi connectivity index (χ4n) is 2.05. The van der Waals surface area contributed by atoms with Gasteiger partial charge in [0, 0.05) is 39.6 Å². The van der Waals surface area contributed by atoms with Crippen LogP contribution in [0.15, 0.2) is 29.3 Å². The minimum absolute atomic E-state index is 0.00531. The molecule has 0 atom stereocenters. The van der Waals surface area contributed by atoms with Crippen LogP contribution in [-0.4, -0.2) is 43.4 Å². The van der Waals surface area contributed by atoms with Crippen molar-refractivity contribution in [2.75, 3.05) is 20.6 Å². The van der Waals surface area contributed by atoms with Crippen molar-refractivity contribution in [3.8, 4) is 0 Å². The molecule has 0 aliphatic heterocycles. The Morgan fingerprint density at radius 3 is 2.73 bits per heavy atom. The zero-order chi connectivity index (χ0) is 16.5. The molecule has 122 valence electrons. The van der Waals surface area contributed by atoms with Crippen LogP contribution in [0.5, 0.6) is 0 Å². The van der Waals surface area contributed by atoms with E-state index in [4.69, 9.17) is 0 Å². The molecule has 1 amide bonds. The van der Waals surface area contributed by atoms with Gasteiger partial charge in [0.15, 0.2) is 5.96 Å². The maximum atomic E-state index is 13.2. The highest BCUT2D eigenvalue weighted by Crippen LogP contribution is 2.06. The van der Waals surface area contributed by atoms with Crippen molar-refractivity contribution in [1.29, 1.82) is 0 Å². The molecule has 1 rings (SSSR count). The van der Waals surface area contributed by atoms with Crippen molar-refractivity contribution in [1.82, 2.24) is 15.5 Å². The first-order valence-corrected chi connectivity index (χ1v) is 7.38. The van der Waals surface area contributed by atoms with Crippen LogP contribution < -0.4 is 10.6 Å². The lowest BCUT2D eigenvalue weighted by atomic mass is 10.2. The van der Waals surface area contributed by atoms with Gasteiger partial charge in [-0.25, -0.2) is 4.39 Å². The van der Waals surface area contributed by atoms with E-state index < -0.39 is 0 Å². The number of carbonyl (C=O) groups is 1. The summed E-state index contributed by atoms with van der Waals surface area (Å²) in [5.41, 5.74) is 0.864. The number of benzene rings is 1. The summed E-state index contributed by atoms with van der Waals surface area (Å²) in [4.78, 5) is 17.6. The van der Waals surface area contributed by atoms with Crippen molar-refractivity contribution in [2.24, 2.45) is 4.99 Å². The topological polar surface area (TPSA) is 56.7 Å². The highest BCUT2D eigenvalue weighted by molar-refractivity contribution is 5.81. The van der Waals surface area contributed by atoms with Crippen LogP contribution >= 0.6 is 0 Å². The smallest absolute Gasteiger partial charge is 0.221 e. The Morgan fingerprint density at radius 1 is 1.41 bits per heavy atom. The average Bonchev–Trinajstić information content (AvgIpc) is 2.42. The molecule has 1 aromatic rings. The number of halogens is 1. The minimum atomic E-state index is -0.251. The van der Waals surface area contributed by atoms with Crippen LogP contribution in [0, 0.1) is 5.82 Å². The van der Waals surface area contributed by atoms with E-state index in [-0.39, 0.29) is 17.8 Å². The molecule has 0 aromatic heterocycles. The number of hydrogen-bond acceptors (Lipinski definition) is 2. The van der Waals surface area contributed by atoms with E-state index in [1.807, 2.05) is 31.9 Å². The van der Waals surface area contributed by atoms with Crippen LogP contribution in [0.4, 0.5) is 4.39 Å². The number of hydrogen-bond donors (Lipinski definition) is 2. The van der Waals surface area contributed by atoms with Crippen LogP contribution in [-0.2, 0) is 11.3 Å². The second-order valence-electron chi connectivity index (χ2n) is 5.43. The normalized spacial score (nSPS) is 11.5. The second-order valence-corrected chi connectivity index (χ2v) is 5.43. The quantitative estimate of drug-likeness (QED) is 0.622. The molecular weight excluding hydrogens is 283 g/mol. The van der Waals surface area contributed by atoms with E-state index in [2.05, 4.69) is 15.6 Å². The summed E-state index contributed by atoms with van der Waals surface area (Å²) >= 11 is 0. The molecule has 5 nitrogen and oxygen atoms in total.